The molecule has 2 nitrogen and oxygen atoms in total. The van der Waals surface area contributed by atoms with E-state index >= 15 is 0 Å². The third-order valence-electron chi connectivity index (χ3n) is 3.82. The van der Waals surface area contributed by atoms with Gasteiger partial charge in [-0.05, 0) is 48.9 Å². The zero-order valence-electron chi connectivity index (χ0n) is 13.2. The van der Waals surface area contributed by atoms with E-state index < -0.39 is 0 Å². The second-order valence-corrected chi connectivity index (χ2v) is 6.59. The van der Waals surface area contributed by atoms with Crippen molar-refractivity contribution in [3.05, 3.63) is 35.4 Å². The lowest BCUT2D eigenvalue weighted by atomic mass is 9.77. The molecule has 2 heteroatoms. The summed E-state index contributed by atoms with van der Waals surface area (Å²) in [6.07, 6.45) is 2.17. The van der Waals surface area contributed by atoms with Gasteiger partial charge in [-0.3, -0.25) is 0 Å². The van der Waals surface area contributed by atoms with Crippen LogP contribution in [0, 0.1) is 11.3 Å². The lowest BCUT2D eigenvalue weighted by molar-refractivity contribution is 0.239. The van der Waals surface area contributed by atoms with E-state index in [1.807, 2.05) is 7.05 Å². The molecule has 19 heavy (non-hydrogen) atoms. The van der Waals surface area contributed by atoms with Crippen LogP contribution in [0.5, 0.6) is 0 Å². The molecule has 0 aliphatic carbocycles. The van der Waals surface area contributed by atoms with Crippen LogP contribution in [0.15, 0.2) is 24.3 Å². The Labute approximate surface area is 118 Å². The Morgan fingerprint density at radius 1 is 1.16 bits per heavy atom. The Kier molecular flexibility index (Phi) is 6.02. The first kappa shape index (κ1) is 16.2. The van der Waals surface area contributed by atoms with Crippen LogP contribution in [0.4, 0.5) is 0 Å². The van der Waals surface area contributed by atoms with E-state index in [4.69, 9.17) is 5.73 Å². The first-order valence-electron chi connectivity index (χ1n) is 7.37. The number of hydrogen-bond donors (Lipinski definition) is 2. The maximum Gasteiger partial charge on any atom is 0.0369 e. The van der Waals surface area contributed by atoms with Crippen LogP contribution in [0.1, 0.15) is 51.3 Å². The summed E-state index contributed by atoms with van der Waals surface area (Å²) in [6.45, 7) is 9.81. The fraction of sp³-hybridized carbons (Fsp3) is 0.647. The van der Waals surface area contributed by atoms with Gasteiger partial charge in [-0.25, -0.2) is 0 Å². The van der Waals surface area contributed by atoms with Gasteiger partial charge in [0, 0.05) is 6.04 Å². The maximum absolute atomic E-state index is 5.74. The molecule has 1 aromatic carbocycles. The van der Waals surface area contributed by atoms with E-state index in [1.54, 1.807) is 0 Å². The van der Waals surface area contributed by atoms with Gasteiger partial charge in [-0.2, -0.15) is 0 Å². The van der Waals surface area contributed by atoms with E-state index in [1.165, 1.54) is 11.1 Å². The van der Waals surface area contributed by atoms with E-state index in [-0.39, 0.29) is 5.41 Å². The van der Waals surface area contributed by atoms with Gasteiger partial charge >= 0.3 is 0 Å². The topological polar surface area (TPSA) is 38.0 Å². The zero-order valence-corrected chi connectivity index (χ0v) is 13.2. The SMILES string of the molecule is CNC(c1ccc(CC(C)C)cc1)C(C)(C)CCN. The molecule has 0 saturated heterocycles. The normalized spacial score (nSPS) is 13.8. The van der Waals surface area contributed by atoms with Gasteiger partial charge in [0.05, 0.1) is 0 Å². The summed E-state index contributed by atoms with van der Waals surface area (Å²) in [5.41, 5.74) is 8.68. The van der Waals surface area contributed by atoms with Crippen LogP contribution >= 0.6 is 0 Å². The number of hydrogen-bond acceptors (Lipinski definition) is 2. The fourth-order valence-corrected chi connectivity index (χ4v) is 2.84. The summed E-state index contributed by atoms with van der Waals surface area (Å²) < 4.78 is 0. The number of nitrogens with two attached hydrogens (primary N) is 1. The van der Waals surface area contributed by atoms with Gasteiger partial charge in [0.15, 0.2) is 0 Å². The Hall–Kier alpha value is -0.860. The van der Waals surface area contributed by atoms with Gasteiger partial charge in [-0.15, -0.1) is 0 Å². The molecule has 0 amide bonds. The van der Waals surface area contributed by atoms with Crippen molar-refractivity contribution < 1.29 is 0 Å². The van der Waals surface area contributed by atoms with Gasteiger partial charge in [-0.1, -0.05) is 52.0 Å². The minimum atomic E-state index is 0.170. The van der Waals surface area contributed by atoms with Crippen molar-refractivity contribution >= 4 is 0 Å². The molecule has 1 aromatic rings. The average molecular weight is 262 g/mol. The van der Waals surface area contributed by atoms with Gasteiger partial charge in [0.1, 0.15) is 0 Å². The molecular weight excluding hydrogens is 232 g/mol. The van der Waals surface area contributed by atoms with Crippen LogP contribution < -0.4 is 11.1 Å². The molecule has 0 aliphatic rings. The Bertz CT molecular complexity index is 365. The summed E-state index contributed by atoms with van der Waals surface area (Å²) in [5.74, 6) is 0.708. The number of rotatable bonds is 7. The highest BCUT2D eigenvalue weighted by Crippen LogP contribution is 2.35. The predicted molar refractivity (Wildman–Crippen MR) is 84.2 cm³/mol. The predicted octanol–water partition coefficient (Wildman–Crippen LogP) is 3.52. The smallest absolute Gasteiger partial charge is 0.0369 e. The van der Waals surface area contributed by atoms with Crippen LogP contribution in [0.3, 0.4) is 0 Å². The molecule has 0 bridgehead atoms. The molecule has 0 saturated carbocycles. The molecule has 0 radical (unpaired) electrons. The third kappa shape index (κ3) is 4.63. The van der Waals surface area contributed by atoms with Gasteiger partial charge < -0.3 is 11.1 Å². The van der Waals surface area contributed by atoms with Crippen molar-refractivity contribution in [3.63, 3.8) is 0 Å². The Morgan fingerprint density at radius 2 is 1.74 bits per heavy atom. The highest BCUT2D eigenvalue weighted by molar-refractivity contribution is 5.26. The minimum absolute atomic E-state index is 0.170. The van der Waals surface area contributed by atoms with Crippen molar-refractivity contribution in [1.29, 1.82) is 0 Å². The fourth-order valence-electron chi connectivity index (χ4n) is 2.84. The molecule has 0 aliphatic heterocycles. The minimum Gasteiger partial charge on any atom is -0.330 e. The molecule has 0 spiro atoms. The van der Waals surface area contributed by atoms with Crippen LogP contribution in [-0.4, -0.2) is 13.6 Å². The summed E-state index contributed by atoms with van der Waals surface area (Å²) in [6, 6.07) is 9.40. The molecule has 0 aromatic heterocycles. The van der Waals surface area contributed by atoms with E-state index in [2.05, 4.69) is 57.3 Å². The summed E-state index contributed by atoms with van der Waals surface area (Å²) >= 11 is 0. The Balaban J connectivity index is 2.87. The highest BCUT2D eigenvalue weighted by Gasteiger charge is 2.28. The second-order valence-electron chi connectivity index (χ2n) is 6.59. The average Bonchev–Trinajstić information content (AvgIpc) is 2.31. The van der Waals surface area contributed by atoms with Crippen molar-refractivity contribution in [1.82, 2.24) is 5.32 Å². The van der Waals surface area contributed by atoms with Crippen molar-refractivity contribution in [2.45, 2.75) is 46.6 Å². The molecule has 1 atom stereocenters. The van der Waals surface area contributed by atoms with Crippen molar-refractivity contribution in [3.8, 4) is 0 Å². The largest absolute Gasteiger partial charge is 0.330 e. The lowest BCUT2D eigenvalue weighted by Crippen LogP contribution is -2.33. The molecule has 108 valence electrons. The monoisotopic (exact) mass is 262 g/mol. The van der Waals surface area contributed by atoms with Crippen LogP contribution in [0.25, 0.3) is 0 Å². The van der Waals surface area contributed by atoms with E-state index in [9.17, 15) is 0 Å². The van der Waals surface area contributed by atoms with Crippen molar-refractivity contribution in [2.24, 2.45) is 17.1 Å². The molecular formula is C17H30N2. The number of benzene rings is 1. The first-order valence-corrected chi connectivity index (χ1v) is 7.37. The van der Waals surface area contributed by atoms with Gasteiger partial charge in [0.2, 0.25) is 0 Å². The quantitative estimate of drug-likeness (QED) is 0.789. The molecule has 0 heterocycles. The van der Waals surface area contributed by atoms with Gasteiger partial charge in [0.25, 0.3) is 0 Å². The molecule has 0 fully saturated rings. The molecule has 1 rings (SSSR count). The van der Waals surface area contributed by atoms with E-state index in [0.717, 1.165) is 19.4 Å². The van der Waals surface area contributed by atoms with Crippen molar-refractivity contribution in [2.75, 3.05) is 13.6 Å². The van der Waals surface area contributed by atoms with Crippen LogP contribution in [-0.2, 0) is 6.42 Å². The summed E-state index contributed by atoms with van der Waals surface area (Å²) in [7, 11) is 2.03. The second kappa shape index (κ2) is 7.06. The Morgan fingerprint density at radius 3 is 2.16 bits per heavy atom. The molecule has 3 N–H and O–H groups in total. The lowest BCUT2D eigenvalue weighted by Gasteiger charge is -2.34. The summed E-state index contributed by atoms with van der Waals surface area (Å²) in [4.78, 5) is 0. The summed E-state index contributed by atoms with van der Waals surface area (Å²) in [5, 5.41) is 3.45. The first-order chi connectivity index (χ1) is 8.90. The number of nitrogens with one attached hydrogen (secondary N) is 1. The maximum atomic E-state index is 5.74. The standard InChI is InChI=1S/C17H30N2/c1-13(2)12-14-6-8-15(9-7-14)16(19-5)17(3,4)10-11-18/h6-9,13,16,19H,10-12,18H2,1-5H3. The van der Waals surface area contributed by atoms with Crippen LogP contribution in [0.2, 0.25) is 0 Å². The third-order valence-corrected chi connectivity index (χ3v) is 3.82. The molecule has 1 unspecified atom stereocenters. The highest BCUT2D eigenvalue weighted by atomic mass is 14.9. The zero-order chi connectivity index (χ0) is 14.5. The van der Waals surface area contributed by atoms with E-state index in [0.29, 0.717) is 12.0 Å².